The van der Waals surface area contributed by atoms with Crippen molar-refractivity contribution in [2.24, 2.45) is 5.92 Å². The van der Waals surface area contributed by atoms with E-state index in [1.54, 1.807) is 18.6 Å². The molecule has 2 aliphatic rings. The first-order valence-corrected chi connectivity index (χ1v) is 7.85. The summed E-state index contributed by atoms with van der Waals surface area (Å²) in [5, 5.41) is 6.53. The Morgan fingerprint density at radius 2 is 2.00 bits per heavy atom. The van der Waals surface area contributed by atoms with Crippen molar-refractivity contribution in [1.29, 1.82) is 0 Å². The van der Waals surface area contributed by atoms with E-state index in [0.717, 1.165) is 57.7 Å². The van der Waals surface area contributed by atoms with Crippen molar-refractivity contribution in [3.8, 4) is 0 Å². The highest BCUT2D eigenvalue weighted by atomic mass is 35.5. The monoisotopic (exact) mass is 361 g/mol. The van der Waals surface area contributed by atoms with Gasteiger partial charge >= 0.3 is 0 Å². The molecule has 0 saturated carbocycles. The molecule has 1 atom stereocenters. The van der Waals surface area contributed by atoms with Crippen LogP contribution in [-0.2, 0) is 4.79 Å². The zero-order valence-corrected chi connectivity index (χ0v) is 14.7. The van der Waals surface area contributed by atoms with Crippen LogP contribution in [0.4, 0.5) is 5.82 Å². The van der Waals surface area contributed by atoms with Crippen LogP contribution < -0.4 is 15.5 Å². The van der Waals surface area contributed by atoms with Crippen molar-refractivity contribution < 1.29 is 4.79 Å². The average Bonchev–Trinajstić information content (AvgIpc) is 2.57. The molecule has 2 N–H and O–H groups in total. The fraction of sp³-hybridized carbons (Fsp3) is 0.667. The van der Waals surface area contributed by atoms with Crippen molar-refractivity contribution in [2.45, 2.75) is 31.7 Å². The number of rotatable bonds is 3. The summed E-state index contributed by atoms with van der Waals surface area (Å²) in [7, 11) is 0. The van der Waals surface area contributed by atoms with Gasteiger partial charge < -0.3 is 15.5 Å². The molecule has 2 fully saturated rings. The SMILES string of the molecule is Cl.Cl.O=C(N[C@H]1CCCNC1)C1CCN(c2cnccn2)CC1. The molecular formula is C15H25Cl2N5O. The summed E-state index contributed by atoms with van der Waals surface area (Å²) in [5.74, 6) is 1.27. The van der Waals surface area contributed by atoms with Crippen LogP contribution in [0.5, 0.6) is 0 Å². The molecule has 1 aromatic rings. The molecule has 130 valence electrons. The Hall–Kier alpha value is -1.11. The number of nitrogens with one attached hydrogen (secondary N) is 2. The smallest absolute Gasteiger partial charge is 0.223 e. The van der Waals surface area contributed by atoms with Crippen LogP contribution in [0.15, 0.2) is 18.6 Å². The van der Waals surface area contributed by atoms with Gasteiger partial charge in [0.1, 0.15) is 5.82 Å². The van der Waals surface area contributed by atoms with Gasteiger partial charge in [-0.1, -0.05) is 0 Å². The number of hydrogen-bond acceptors (Lipinski definition) is 5. The van der Waals surface area contributed by atoms with Crippen molar-refractivity contribution in [3.63, 3.8) is 0 Å². The summed E-state index contributed by atoms with van der Waals surface area (Å²) in [6.45, 7) is 3.73. The molecule has 2 aliphatic heterocycles. The first-order chi connectivity index (χ1) is 10.3. The second-order valence-corrected chi connectivity index (χ2v) is 5.88. The number of aromatic nitrogens is 2. The second-order valence-electron chi connectivity index (χ2n) is 5.88. The number of nitrogens with zero attached hydrogens (tertiary/aromatic N) is 3. The molecule has 8 heteroatoms. The molecule has 6 nitrogen and oxygen atoms in total. The van der Waals surface area contributed by atoms with E-state index < -0.39 is 0 Å². The molecule has 23 heavy (non-hydrogen) atoms. The summed E-state index contributed by atoms with van der Waals surface area (Å²) in [6.07, 6.45) is 9.21. The first kappa shape index (κ1) is 19.9. The van der Waals surface area contributed by atoms with Gasteiger partial charge in [-0.3, -0.25) is 9.78 Å². The van der Waals surface area contributed by atoms with Crippen LogP contribution >= 0.6 is 24.8 Å². The van der Waals surface area contributed by atoms with E-state index in [-0.39, 0.29) is 36.6 Å². The standard InChI is InChI=1S/C15H23N5O.2ClH/c21-15(19-13-2-1-5-16-10-13)12-3-8-20(9-4-12)14-11-17-6-7-18-14;;/h6-7,11-13,16H,1-5,8-10H2,(H,19,21);2*1H/t13-;;/m0../s1. The Morgan fingerprint density at radius 3 is 2.61 bits per heavy atom. The predicted octanol–water partition coefficient (Wildman–Crippen LogP) is 1.40. The van der Waals surface area contributed by atoms with E-state index in [2.05, 4.69) is 25.5 Å². The minimum atomic E-state index is 0. The summed E-state index contributed by atoms with van der Waals surface area (Å²) in [6, 6.07) is 0.310. The highest BCUT2D eigenvalue weighted by Gasteiger charge is 2.27. The minimum Gasteiger partial charge on any atom is -0.355 e. The molecule has 2 saturated heterocycles. The van der Waals surface area contributed by atoms with E-state index in [9.17, 15) is 4.79 Å². The summed E-state index contributed by atoms with van der Waals surface area (Å²) in [4.78, 5) is 23.0. The Morgan fingerprint density at radius 1 is 1.22 bits per heavy atom. The van der Waals surface area contributed by atoms with Crippen molar-refractivity contribution >= 4 is 36.5 Å². The van der Waals surface area contributed by atoms with Crippen LogP contribution in [0.1, 0.15) is 25.7 Å². The quantitative estimate of drug-likeness (QED) is 0.851. The largest absolute Gasteiger partial charge is 0.355 e. The van der Waals surface area contributed by atoms with Gasteiger partial charge in [0.25, 0.3) is 0 Å². The van der Waals surface area contributed by atoms with Crippen LogP contribution in [0, 0.1) is 5.92 Å². The number of halogens is 2. The molecule has 0 aromatic carbocycles. The van der Waals surface area contributed by atoms with Crippen molar-refractivity contribution in [1.82, 2.24) is 20.6 Å². The van der Waals surface area contributed by atoms with Crippen molar-refractivity contribution in [3.05, 3.63) is 18.6 Å². The summed E-state index contributed by atoms with van der Waals surface area (Å²) < 4.78 is 0. The Labute approximate surface area is 149 Å². The van der Waals surface area contributed by atoms with Gasteiger partial charge in [-0.25, -0.2) is 4.98 Å². The lowest BCUT2D eigenvalue weighted by Crippen LogP contribution is -2.49. The zero-order chi connectivity index (χ0) is 14.5. The lowest BCUT2D eigenvalue weighted by molar-refractivity contribution is -0.126. The fourth-order valence-corrected chi connectivity index (χ4v) is 3.12. The first-order valence-electron chi connectivity index (χ1n) is 7.85. The molecule has 1 amide bonds. The second kappa shape index (κ2) is 9.90. The minimum absolute atomic E-state index is 0. The van der Waals surface area contributed by atoms with Gasteiger partial charge in [0, 0.05) is 44.0 Å². The van der Waals surface area contributed by atoms with Crippen LogP contribution in [0.25, 0.3) is 0 Å². The van der Waals surface area contributed by atoms with Crippen LogP contribution in [-0.4, -0.2) is 48.1 Å². The Bertz CT molecular complexity index is 462. The van der Waals surface area contributed by atoms with Gasteiger partial charge in [0.05, 0.1) is 6.20 Å². The molecule has 1 aromatic heterocycles. The van der Waals surface area contributed by atoms with Gasteiger partial charge in [-0.15, -0.1) is 24.8 Å². The number of piperidine rings is 2. The number of carbonyl (C=O) groups excluding carboxylic acids is 1. The highest BCUT2D eigenvalue weighted by molar-refractivity contribution is 5.85. The highest BCUT2D eigenvalue weighted by Crippen LogP contribution is 2.21. The van der Waals surface area contributed by atoms with E-state index in [4.69, 9.17) is 0 Å². The normalized spacial score (nSPS) is 21.7. The summed E-state index contributed by atoms with van der Waals surface area (Å²) >= 11 is 0. The van der Waals surface area contributed by atoms with Crippen molar-refractivity contribution in [2.75, 3.05) is 31.1 Å². The van der Waals surface area contributed by atoms with Gasteiger partial charge in [0.2, 0.25) is 5.91 Å². The average molecular weight is 362 g/mol. The molecule has 0 spiro atoms. The predicted molar refractivity (Wildman–Crippen MR) is 95.5 cm³/mol. The molecule has 0 unspecified atom stereocenters. The number of carbonyl (C=O) groups is 1. The number of hydrogen-bond donors (Lipinski definition) is 2. The fourth-order valence-electron chi connectivity index (χ4n) is 3.12. The maximum atomic E-state index is 12.3. The molecule has 3 heterocycles. The lowest BCUT2D eigenvalue weighted by atomic mass is 9.95. The Kier molecular flexibility index (Phi) is 8.58. The van der Waals surface area contributed by atoms with E-state index in [0.29, 0.717) is 6.04 Å². The molecular weight excluding hydrogens is 337 g/mol. The topological polar surface area (TPSA) is 70.2 Å². The van der Waals surface area contributed by atoms with Crippen LogP contribution in [0.2, 0.25) is 0 Å². The van der Waals surface area contributed by atoms with Gasteiger partial charge in [-0.05, 0) is 32.2 Å². The maximum absolute atomic E-state index is 12.3. The third-order valence-corrected chi connectivity index (χ3v) is 4.38. The van der Waals surface area contributed by atoms with Gasteiger partial charge in [0.15, 0.2) is 0 Å². The van der Waals surface area contributed by atoms with E-state index in [1.807, 2.05) is 0 Å². The van der Waals surface area contributed by atoms with E-state index in [1.165, 1.54) is 0 Å². The molecule has 0 radical (unpaired) electrons. The molecule has 3 rings (SSSR count). The third-order valence-electron chi connectivity index (χ3n) is 4.38. The molecule has 0 aliphatic carbocycles. The van der Waals surface area contributed by atoms with Crippen LogP contribution in [0.3, 0.4) is 0 Å². The zero-order valence-electron chi connectivity index (χ0n) is 13.1. The molecule has 0 bridgehead atoms. The number of amides is 1. The van der Waals surface area contributed by atoms with Gasteiger partial charge in [-0.2, -0.15) is 0 Å². The lowest BCUT2D eigenvalue weighted by Gasteiger charge is -2.33. The summed E-state index contributed by atoms with van der Waals surface area (Å²) in [5.41, 5.74) is 0. The van der Waals surface area contributed by atoms with E-state index >= 15 is 0 Å². The Balaban J connectivity index is 0.00000132. The maximum Gasteiger partial charge on any atom is 0.223 e. The number of anilines is 1. The third kappa shape index (κ3) is 5.48.